The van der Waals surface area contributed by atoms with E-state index in [0.29, 0.717) is 17.1 Å². The average Bonchev–Trinajstić information content (AvgIpc) is 3.12. The molecule has 1 N–H and O–H groups in total. The fourth-order valence-electron chi connectivity index (χ4n) is 5.84. The monoisotopic (exact) mass is 454 g/mol. The minimum absolute atomic E-state index is 0.0740. The standard InChI is InChI=1S/C23H29F3N2O2S/c1-14(2)28-19(29)23(27-20(28)31)18-12-15(6-11-22(24,25)26)4-5-16(18)13-21(23)9-7-17(30-3)8-10-21/h4-5,12,14,17H,6-11,13H2,1-3H3,(H,27,31). The molecule has 8 heteroatoms. The van der Waals surface area contributed by atoms with Gasteiger partial charge in [-0.3, -0.25) is 9.69 Å². The fraction of sp³-hybridized carbons (Fsp3) is 0.652. The van der Waals surface area contributed by atoms with E-state index in [1.165, 1.54) is 0 Å². The van der Waals surface area contributed by atoms with Gasteiger partial charge in [0.05, 0.1) is 6.10 Å². The van der Waals surface area contributed by atoms with Crippen molar-refractivity contribution in [2.45, 2.75) is 82.7 Å². The van der Waals surface area contributed by atoms with E-state index >= 15 is 0 Å². The molecular weight excluding hydrogens is 425 g/mol. The van der Waals surface area contributed by atoms with Gasteiger partial charge in [-0.1, -0.05) is 18.2 Å². The number of carbonyl (C=O) groups excluding carboxylic acids is 1. The van der Waals surface area contributed by atoms with Crippen LogP contribution in [0.3, 0.4) is 0 Å². The van der Waals surface area contributed by atoms with Crippen molar-refractivity contribution in [1.29, 1.82) is 0 Å². The van der Waals surface area contributed by atoms with Crippen molar-refractivity contribution in [3.8, 4) is 0 Å². The number of rotatable bonds is 4. The number of ether oxygens (including phenoxy) is 1. The topological polar surface area (TPSA) is 41.6 Å². The first-order chi connectivity index (χ1) is 14.5. The van der Waals surface area contributed by atoms with Gasteiger partial charge in [-0.2, -0.15) is 13.2 Å². The highest BCUT2D eigenvalue weighted by Gasteiger charge is 2.67. The molecule has 1 amide bonds. The Labute approximate surface area is 186 Å². The molecule has 31 heavy (non-hydrogen) atoms. The maximum absolute atomic E-state index is 14.0. The second-order valence-electron chi connectivity index (χ2n) is 9.45. The molecule has 0 radical (unpaired) electrons. The number of aryl methyl sites for hydroxylation is 1. The number of nitrogens with one attached hydrogen (secondary N) is 1. The van der Waals surface area contributed by atoms with Gasteiger partial charge in [0.2, 0.25) is 0 Å². The molecule has 0 aromatic heterocycles. The van der Waals surface area contributed by atoms with Crippen molar-refractivity contribution >= 4 is 23.2 Å². The zero-order valence-corrected chi connectivity index (χ0v) is 19.0. The third-order valence-electron chi connectivity index (χ3n) is 7.39. The van der Waals surface area contributed by atoms with Crippen LogP contribution in [0.25, 0.3) is 0 Å². The summed E-state index contributed by atoms with van der Waals surface area (Å²) >= 11 is 5.58. The van der Waals surface area contributed by atoms with Crippen LogP contribution in [-0.2, 0) is 27.9 Å². The summed E-state index contributed by atoms with van der Waals surface area (Å²) < 4.78 is 44.0. The number of benzene rings is 1. The second-order valence-corrected chi connectivity index (χ2v) is 9.83. The molecule has 1 saturated heterocycles. The SMILES string of the molecule is COC1CCC2(CC1)Cc1ccc(CCC(F)(F)F)cc1C21NC(=S)N(C(C)C)C1=O. The fourth-order valence-corrected chi connectivity index (χ4v) is 6.29. The van der Waals surface area contributed by atoms with Gasteiger partial charge in [0.15, 0.2) is 10.7 Å². The molecule has 1 aromatic carbocycles. The van der Waals surface area contributed by atoms with Gasteiger partial charge in [0.25, 0.3) is 5.91 Å². The lowest BCUT2D eigenvalue weighted by Crippen LogP contribution is -2.57. The number of nitrogens with zero attached hydrogens (tertiary/aromatic N) is 1. The number of amides is 1. The van der Waals surface area contributed by atoms with Crippen LogP contribution in [-0.4, -0.2) is 41.4 Å². The van der Waals surface area contributed by atoms with Crippen molar-refractivity contribution in [3.63, 3.8) is 0 Å². The Morgan fingerprint density at radius 2 is 1.97 bits per heavy atom. The molecule has 1 unspecified atom stereocenters. The number of fused-ring (bicyclic) bond motifs is 3. The molecule has 2 spiro atoms. The summed E-state index contributed by atoms with van der Waals surface area (Å²) in [7, 11) is 1.71. The zero-order chi connectivity index (χ0) is 22.6. The normalized spacial score (nSPS) is 30.5. The smallest absolute Gasteiger partial charge is 0.381 e. The first-order valence-electron chi connectivity index (χ1n) is 10.9. The summed E-state index contributed by atoms with van der Waals surface area (Å²) in [6.45, 7) is 3.85. The Morgan fingerprint density at radius 3 is 2.52 bits per heavy atom. The lowest BCUT2D eigenvalue weighted by molar-refractivity contribution is -0.139. The van der Waals surface area contributed by atoms with E-state index in [2.05, 4.69) is 5.32 Å². The molecule has 170 valence electrons. The summed E-state index contributed by atoms with van der Waals surface area (Å²) in [5.41, 5.74) is 1.05. The van der Waals surface area contributed by atoms with Crippen LogP contribution in [0, 0.1) is 5.41 Å². The lowest BCUT2D eigenvalue weighted by atomic mass is 9.61. The Morgan fingerprint density at radius 1 is 1.29 bits per heavy atom. The van der Waals surface area contributed by atoms with E-state index in [-0.39, 0.29) is 29.9 Å². The largest absolute Gasteiger partial charge is 0.389 e. The van der Waals surface area contributed by atoms with Crippen LogP contribution in [0.15, 0.2) is 18.2 Å². The number of hydrogen-bond donors (Lipinski definition) is 1. The van der Waals surface area contributed by atoms with Gasteiger partial charge in [-0.15, -0.1) is 0 Å². The number of thiocarbonyl (C=S) groups is 1. The van der Waals surface area contributed by atoms with Gasteiger partial charge in [0.1, 0.15) is 0 Å². The third-order valence-corrected chi connectivity index (χ3v) is 7.69. The van der Waals surface area contributed by atoms with Crippen molar-refractivity contribution in [2.24, 2.45) is 5.41 Å². The molecule has 1 aliphatic heterocycles. The maximum Gasteiger partial charge on any atom is 0.389 e. The molecule has 1 aromatic rings. The predicted molar refractivity (Wildman–Crippen MR) is 116 cm³/mol. The number of hydrogen-bond acceptors (Lipinski definition) is 3. The quantitative estimate of drug-likeness (QED) is 0.674. The molecule has 1 atom stereocenters. The molecule has 1 saturated carbocycles. The highest BCUT2D eigenvalue weighted by Crippen LogP contribution is 2.60. The van der Waals surface area contributed by atoms with Crippen molar-refractivity contribution in [3.05, 3.63) is 34.9 Å². The van der Waals surface area contributed by atoms with Crippen LogP contribution >= 0.6 is 12.2 Å². The summed E-state index contributed by atoms with van der Waals surface area (Å²) in [6, 6.07) is 5.40. The number of methoxy groups -OCH3 is 1. The minimum atomic E-state index is -4.21. The zero-order valence-electron chi connectivity index (χ0n) is 18.1. The van der Waals surface area contributed by atoms with E-state index in [1.54, 1.807) is 18.1 Å². The summed E-state index contributed by atoms with van der Waals surface area (Å²) in [4.78, 5) is 15.6. The lowest BCUT2D eigenvalue weighted by Gasteiger charge is -2.46. The number of halogens is 3. The van der Waals surface area contributed by atoms with E-state index in [4.69, 9.17) is 17.0 Å². The minimum Gasteiger partial charge on any atom is -0.381 e. The van der Waals surface area contributed by atoms with Crippen molar-refractivity contribution in [2.75, 3.05) is 7.11 Å². The van der Waals surface area contributed by atoms with Gasteiger partial charge in [-0.25, -0.2) is 0 Å². The number of carbonyl (C=O) groups is 1. The first-order valence-corrected chi connectivity index (χ1v) is 11.3. The van der Waals surface area contributed by atoms with Crippen LogP contribution < -0.4 is 5.32 Å². The van der Waals surface area contributed by atoms with Crippen LogP contribution in [0.5, 0.6) is 0 Å². The number of alkyl halides is 3. The van der Waals surface area contributed by atoms with E-state index in [1.807, 2.05) is 26.0 Å². The predicted octanol–water partition coefficient (Wildman–Crippen LogP) is 4.63. The molecule has 4 rings (SSSR count). The molecular formula is C23H29F3N2O2S. The summed E-state index contributed by atoms with van der Waals surface area (Å²) in [6.07, 6.45) is -1.03. The third kappa shape index (κ3) is 3.55. The van der Waals surface area contributed by atoms with E-state index < -0.39 is 18.1 Å². The average molecular weight is 455 g/mol. The van der Waals surface area contributed by atoms with Crippen molar-refractivity contribution < 1.29 is 22.7 Å². The molecule has 2 fully saturated rings. The van der Waals surface area contributed by atoms with E-state index in [9.17, 15) is 18.0 Å². The maximum atomic E-state index is 14.0. The van der Waals surface area contributed by atoms with Crippen LogP contribution in [0.1, 0.15) is 62.6 Å². The molecule has 3 aliphatic rings. The summed E-state index contributed by atoms with van der Waals surface area (Å²) in [5.74, 6) is -0.0740. The second kappa shape index (κ2) is 7.73. The van der Waals surface area contributed by atoms with Crippen LogP contribution in [0.2, 0.25) is 0 Å². The molecule has 4 nitrogen and oxygen atoms in total. The van der Waals surface area contributed by atoms with Gasteiger partial charge >= 0.3 is 6.18 Å². The Hall–Kier alpha value is -1.67. The van der Waals surface area contributed by atoms with Crippen molar-refractivity contribution in [1.82, 2.24) is 10.2 Å². The van der Waals surface area contributed by atoms with E-state index in [0.717, 1.165) is 36.8 Å². The Kier molecular flexibility index (Phi) is 5.61. The highest BCUT2D eigenvalue weighted by molar-refractivity contribution is 7.80. The van der Waals surface area contributed by atoms with Gasteiger partial charge in [-0.05, 0) is 81.3 Å². The molecule has 0 bridgehead atoms. The van der Waals surface area contributed by atoms with Gasteiger partial charge < -0.3 is 10.1 Å². The first kappa shape index (κ1) is 22.5. The highest BCUT2D eigenvalue weighted by atomic mass is 32.1. The molecule has 2 aliphatic carbocycles. The molecule has 1 heterocycles. The summed E-state index contributed by atoms with van der Waals surface area (Å²) in [5, 5.41) is 3.81. The van der Waals surface area contributed by atoms with Gasteiger partial charge in [0, 0.05) is 25.0 Å². The van der Waals surface area contributed by atoms with Crippen LogP contribution in [0.4, 0.5) is 13.2 Å². The Bertz CT molecular complexity index is 893. The Balaban J connectivity index is 1.79.